The van der Waals surface area contributed by atoms with E-state index in [1.807, 2.05) is 6.92 Å². The second kappa shape index (κ2) is 3.72. The van der Waals surface area contributed by atoms with Crippen LogP contribution in [0.3, 0.4) is 0 Å². The first-order chi connectivity index (χ1) is 4.72. The zero-order valence-corrected chi connectivity index (χ0v) is 6.24. The molecule has 1 aliphatic heterocycles. The molecule has 0 fully saturated rings. The Bertz CT molecular complexity index is 150. The SMILES string of the molecule is Cl.[2H]C([2H])C(C)C1=NCCN1. The summed E-state index contributed by atoms with van der Waals surface area (Å²) in [4.78, 5) is 4.12. The van der Waals surface area contributed by atoms with Crippen LogP contribution in [0.2, 0.25) is 0 Å². The average Bonchev–Trinajstić information content (AvgIpc) is 2.36. The number of nitrogens with one attached hydrogen (secondary N) is 1. The second-order valence-electron chi connectivity index (χ2n) is 1.98. The van der Waals surface area contributed by atoms with E-state index < -0.39 is 6.88 Å². The lowest BCUT2D eigenvalue weighted by Crippen LogP contribution is -2.23. The highest BCUT2D eigenvalue weighted by molar-refractivity contribution is 5.85. The van der Waals surface area contributed by atoms with Gasteiger partial charge in [-0.3, -0.25) is 4.99 Å². The van der Waals surface area contributed by atoms with E-state index in [1.54, 1.807) is 0 Å². The van der Waals surface area contributed by atoms with Gasteiger partial charge in [0.05, 0.1) is 12.4 Å². The number of rotatable bonds is 1. The van der Waals surface area contributed by atoms with Crippen LogP contribution in [0, 0.1) is 5.92 Å². The Morgan fingerprint density at radius 3 is 3.11 bits per heavy atom. The molecular formula is C6H13ClN2. The number of hydrogen-bond donors (Lipinski definition) is 1. The summed E-state index contributed by atoms with van der Waals surface area (Å²) in [5.41, 5.74) is 0. The zero-order chi connectivity index (χ0) is 7.56. The number of hydrogen-bond acceptors (Lipinski definition) is 2. The minimum atomic E-state index is -0.802. The van der Waals surface area contributed by atoms with E-state index in [0.29, 0.717) is 0 Å². The molecule has 0 amide bonds. The van der Waals surface area contributed by atoms with E-state index >= 15 is 0 Å². The summed E-state index contributed by atoms with van der Waals surface area (Å²) in [6.45, 7) is 2.71. The minimum Gasteiger partial charge on any atom is -0.372 e. The molecule has 1 atom stereocenters. The van der Waals surface area contributed by atoms with Crippen LogP contribution in [-0.4, -0.2) is 18.9 Å². The third kappa shape index (κ3) is 2.22. The van der Waals surface area contributed by atoms with Crippen LogP contribution in [0.5, 0.6) is 0 Å². The Labute approximate surface area is 65.0 Å². The fraction of sp³-hybridized carbons (Fsp3) is 0.833. The Balaban J connectivity index is 0.000001000. The van der Waals surface area contributed by atoms with Gasteiger partial charge in [0.1, 0.15) is 0 Å². The highest BCUT2D eigenvalue weighted by Crippen LogP contribution is 1.97. The topological polar surface area (TPSA) is 24.4 Å². The van der Waals surface area contributed by atoms with Gasteiger partial charge in [-0.2, -0.15) is 0 Å². The third-order valence-corrected chi connectivity index (χ3v) is 1.13. The smallest absolute Gasteiger partial charge is 0.0990 e. The Morgan fingerprint density at radius 1 is 1.89 bits per heavy atom. The molecule has 1 rings (SSSR count). The first kappa shape index (κ1) is 5.54. The number of halogens is 1. The van der Waals surface area contributed by atoms with Crippen LogP contribution in [0.1, 0.15) is 16.5 Å². The molecule has 54 valence electrons. The molecule has 0 aromatic rings. The molecule has 0 aromatic heterocycles. The van der Waals surface area contributed by atoms with E-state index in [0.717, 1.165) is 18.9 Å². The predicted molar refractivity (Wildman–Crippen MR) is 42.4 cm³/mol. The second-order valence-corrected chi connectivity index (χ2v) is 1.98. The molecule has 0 spiro atoms. The molecule has 2 nitrogen and oxygen atoms in total. The van der Waals surface area contributed by atoms with Crippen molar-refractivity contribution in [3.05, 3.63) is 0 Å². The van der Waals surface area contributed by atoms with E-state index in [2.05, 4.69) is 10.3 Å². The van der Waals surface area contributed by atoms with Crippen LogP contribution in [0.4, 0.5) is 0 Å². The maximum Gasteiger partial charge on any atom is 0.0990 e. The van der Waals surface area contributed by atoms with Crippen molar-refractivity contribution < 1.29 is 2.74 Å². The summed E-state index contributed by atoms with van der Waals surface area (Å²) in [5.74, 6) is 0.762. The standard InChI is InChI=1S/C6H12N2.ClH/c1-5(2)6-7-3-4-8-6;/h5H,3-4H2,1-2H3,(H,7,8);1H/i1D2;. The maximum absolute atomic E-state index is 7.09. The highest BCUT2D eigenvalue weighted by Gasteiger charge is 2.06. The van der Waals surface area contributed by atoms with Crippen molar-refractivity contribution in [1.29, 1.82) is 0 Å². The number of nitrogens with zero attached hydrogens (tertiary/aromatic N) is 1. The van der Waals surface area contributed by atoms with E-state index in [9.17, 15) is 0 Å². The van der Waals surface area contributed by atoms with Crippen LogP contribution < -0.4 is 5.32 Å². The van der Waals surface area contributed by atoms with Gasteiger partial charge in [0.15, 0.2) is 0 Å². The summed E-state index contributed by atoms with van der Waals surface area (Å²) >= 11 is 0. The molecule has 0 saturated heterocycles. The summed E-state index contributed by atoms with van der Waals surface area (Å²) in [6, 6.07) is 0. The molecule has 0 radical (unpaired) electrons. The predicted octanol–water partition coefficient (Wildman–Crippen LogP) is 1.07. The number of aliphatic imine (C=N–C) groups is 1. The monoisotopic (exact) mass is 150 g/mol. The highest BCUT2D eigenvalue weighted by atomic mass is 35.5. The first-order valence-corrected chi connectivity index (χ1v) is 2.84. The van der Waals surface area contributed by atoms with E-state index in [4.69, 9.17) is 2.74 Å². The van der Waals surface area contributed by atoms with Crippen LogP contribution in [0.15, 0.2) is 4.99 Å². The molecule has 3 heteroatoms. The van der Waals surface area contributed by atoms with Gasteiger partial charge in [-0.1, -0.05) is 13.8 Å². The summed E-state index contributed by atoms with van der Waals surface area (Å²) in [7, 11) is 0. The van der Waals surface area contributed by atoms with Crippen molar-refractivity contribution in [3.63, 3.8) is 0 Å². The Morgan fingerprint density at radius 2 is 2.67 bits per heavy atom. The zero-order valence-electron chi connectivity index (χ0n) is 7.42. The van der Waals surface area contributed by atoms with Gasteiger partial charge in [0.2, 0.25) is 0 Å². The lowest BCUT2D eigenvalue weighted by molar-refractivity contribution is 0.838. The van der Waals surface area contributed by atoms with Crippen LogP contribution in [-0.2, 0) is 0 Å². The fourth-order valence-electron chi connectivity index (χ4n) is 0.721. The molecular weight excluding hydrogens is 136 g/mol. The average molecular weight is 151 g/mol. The van der Waals surface area contributed by atoms with Crippen molar-refractivity contribution in [2.75, 3.05) is 13.1 Å². The molecule has 1 N–H and O–H groups in total. The summed E-state index contributed by atoms with van der Waals surface area (Å²) < 4.78 is 14.2. The van der Waals surface area contributed by atoms with Gasteiger partial charge in [-0.25, -0.2) is 0 Å². The van der Waals surface area contributed by atoms with Gasteiger partial charge >= 0.3 is 0 Å². The molecule has 0 aromatic carbocycles. The molecule has 0 saturated carbocycles. The van der Waals surface area contributed by atoms with E-state index in [-0.39, 0.29) is 18.3 Å². The first-order valence-electron chi connectivity index (χ1n) is 4.00. The van der Waals surface area contributed by atoms with Crippen LogP contribution in [0.25, 0.3) is 0 Å². The van der Waals surface area contributed by atoms with Crippen LogP contribution >= 0.6 is 12.4 Å². The Hall–Kier alpha value is -0.240. The van der Waals surface area contributed by atoms with Gasteiger partial charge in [0, 0.05) is 15.2 Å². The lowest BCUT2D eigenvalue weighted by atomic mass is 10.2. The van der Waals surface area contributed by atoms with Gasteiger partial charge < -0.3 is 5.32 Å². The molecule has 1 heterocycles. The van der Waals surface area contributed by atoms with Crippen molar-refractivity contribution in [1.82, 2.24) is 5.32 Å². The quantitative estimate of drug-likeness (QED) is 0.594. The summed E-state index contributed by atoms with van der Waals surface area (Å²) in [6.07, 6.45) is 0. The van der Waals surface area contributed by atoms with Crippen molar-refractivity contribution in [2.24, 2.45) is 10.9 Å². The lowest BCUT2D eigenvalue weighted by Gasteiger charge is -2.02. The van der Waals surface area contributed by atoms with E-state index in [1.165, 1.54) is 0 Å². The van der Waals surface area contributed by atoms with Crippen molar-refractivity contribution in [2.45, 2.75) is 13.8 Å². The minimum absolute atomic E-state index is 0. The fourth-order valence-corrected chi connectivity index (χ4v) is 0.721. The normalized spacial score (nSPS) is 23.1. The molecule has 1 unspecified atom stereocenters. The van der Waals surface area contributed by atoms with Crippen molar-refractivity contribution in [3.8, 4) is 0 Å². The maximum atomic E-state index is 7.09. The molecule has 9 heavy (non-hydrogen) atoms. The summed E-state index contributed by atoms with van der Waals surface area (Å²) in [5, 5.41) is 3.05. The number of amidine groups is 1. The largest absolute Gasteiger partial charge is 0.372 e. The molecule has 0 bridgehead atoms. The Kier molecular flexibility index (Phi) is 2.29. The molecule has 1 aliphatic rings. The van der Waals surface area contributed by atoms with Gasteiger partial charge in [-0.05, 0) is 0 Å². The third-order valence-electron chi connectivity index (χ3n) is 1.13. The van der Waals surface area contributed by atoms with Gasteiger partial charge in [-0.15, -0.1) is 12.4 Å². The molecule has 0 aliphatic carbocycles. The van der Waals surface area contributed by atoms with Crippen molar-refractivity contribution >= 4 is 18.2 Å². The van der Waals surface area contributed by atoms with Gasteiger partial charge in [0.25, 0.3) is 0 Å².